The number of hydrogen-bond acceptors (Lipinski definition) is 2. The molecular formula is C14H13NO3. The second-order valence-corrected chi connectivity index (χ2v) is 4.13. The molecule has 0 fully saturated rings. The number of nitrogens with zero attached hydrogens (tertiary/aromatic N) is 1. The summed E-state index contributed by atoms with van der Waals surface area (Å²) in [6.45, 7) is 1.87. The molecule has 0 saturated carbocycles. The fourth-order valence-electron chi connectivity index (χ4n) is 2.14. The first kappa shape index (κ1) is 12.2. The average molecular weight is 243 g/mol. The molecule has 1 aromatic rings. The van der Waals surface area contributed by atoms with Gasteiger partial charge in [0.15, 0.2) is 0 Å². The number of amides is 1. The number of fused-ring (bicyclic) bond motifs is 1. The number of hydrogen-bond donors (Lipinski definition) is 1. The SMILES string of the molecule is CC#CC(=O)N1Cc2ccccc2C[C@@H]1C(=O)O. The zero-order valence-electron chi connectivity index (χ0n) is 10.0. The Morgan fingerprint density at radius 3 is 2.61 bits per heavy atom. The molecule has 1 aliphatic heterocycles. The summed E-state index contributed by atoms with van der Waals surface area (Å²) < 4.78 is 0. The van der Waals surface area contributed by atoms with Gasteiger partial charge in [0.25, 0.3) is 5.91 Å². The Bertz CT molecular complexity index is 554. The number of rotatable bonds is 1. The third kappa shape index (κ3) is 2.21. The lowest BCUT2D eigenvalue weighted by molar-refractivity contribution is -0.149. The van der Waals surface area contributed by atoms with E-state index in [0.717, 1.165) is 11.1 Å². The van der Waals surface area contributed by atoms with Crippen LogP contribution in [-0.4, -0.2) is 27.9 Å². The van der Waals surface area contributed by atoms with Crippen molar-refractivity contribution in [3.63, 3.8) is 0 Å². The summed E-state index contributed by atoms with van der Waals surface area (Å²) in [5.74, 6) is 3.50. The molecule has 0 bridgehead atoms. The Hall–Kier alpha value is -2.28. The predicted molar refractivity (Wildman–Crippen MR) is 65.6 cm³/mol. The minimum absolute atomic E-state index is 0.306. The highest BCUT2D eigenvalue weighted by Gasteiger charge is 2.33. The number of benzene rings is 1. The summed E-state index contributed by atoms with van der Waals surface area (Å²) in [4.78, 5) is 24.4. The fourth-order valence-corrected chi connectivity index (χ4v) is 2.14. The van der Waals surface area contributed by atoms with E-state index in [9.17, 15) is 14.7 Å². The first-order valence-corrected chi connectivity index (χ1v) is 5.66. The minimum atomic E-state index is -0.990. The van der Waals surface area contributed by atoms with Gasteiger partial charge in [-0.2, -0.15) is 0 Å². The van der Waals surface area contributed by atoms with Crippen LogP contribution in [0.5, 0.6) is 0 Å². The van der Waals surface area contributed by atoms with E-state index >= 15 is 0 Å². The maximum atomic E-state index is 11.8. The van der Waals surface area contributed by atoms with E-state index in [1.165, 1.54) is 4.90 Å². The molecule has 0 spiro atoms. The Labute approximate surface area is 105 Å². The van der Waals surface area contributed by atoms with Crippen molar-refractivity contribution in [3.8, 4) is 11.8 Å². The van der Waals surface area contributed by atoms with Crippen LogP contribution in [0.3, 0.4) is 0 Å². The number of carbonyl (C=O) groups is 2. The van der Waals surface area contributed by atoms with Gasteiger partial charge in [-0.3, -0.25) is 4.79 Å². The molecule has 18 heavy (non-hydrogen) atoms. The van der Waals surface area contributed by atoms with Gasteiger partial charge in [-0.1, -0.05) is 30.2 Å². The number of carboxylic acid groups (broad SMARTS) is 1. The smallest absolute Gasteiger partial charge is 0.326 e. The Morgan fingerprint density at radius 1 is 1.33 bits per heavy atom. The van der Waals surface area contributed by atoms with Crippen molar-refractivity contribution >= 4 is 11.9 Å². The molecular weight excluding hydrogens is 230 g/mol. The van der Waals surface area contributed by atoms with Crippen LogP contribution in [0.25, 0.3) is 0 Å². The van der Waals surface area contributed by atoms with Crippen molar-refractivity contribution in [2.45, 2.75) is 25.9 Å². The molecule has 1 atom stereocenters. The molecule has 1 N–H and O–H groups in total. The molecule has 0 saturated heterocycles. The third-order valence-corrected chi connectivity index (χ3v) is 3.03. The molecule has 0 radical (unpaired) electrons. The van der Waals surface area contributed by atoms with Crippen molar-refractivity contribution in [2.75, 3.05) is 0 Å². The van der Waals surface area contributed by atoms with E-state index in [4.69, 9.17) is 0 Å². The van der Waals surface area contributed by atoms with Crippen LogP contribution in [0.1, 0.15) is 18.1 Å². The molecule has 1 aliphatic rings. The molecule has 0 aromatic heterocycles. The summed E-state index contributed by atoms with van der Waals surface area (Å²) in [5, 5.41) is 9.21. The van der Waals surface area contributed by atoms with Crippen LogP contribution >= 0.6 is 0 Å². The highest BCUT2D eigenvalue weighted by molar-refractivity contribution is 5.96. The summed E-state index contributed by atoms with van der Waals surface area (Å²) >= 11 is 0. The maximum Gasteiger partial charge on any atom is 0.326 e. The summed E-state index contributed by atoms with van der Waals surface area (Å²) in [5.41, 5.74) is 1.97. The van der Waals surface area contributed by atoms with Crippen molar-refractivity contribution in [3.05, 3.63) is 35.4 Å². The molecule has 4 heteroatoms. The van der Waals surface area contributed by atoms with Crippen molar-refractivity contribution < 1.29 is 14.7 Å². The Balaban J connectivity index is 2.36. The maximum absolute atomic E-state index is 11.8. The zero-order valence-corrected chi connectivity index (χ0v) is 10.0. The fraction of sp³-hybridized carbons (Fsp3) is 0.286. The molecule has 1 amide bonds. The van der Waals surface area contributed by atoms with Crippen molar-refractivity contribution in [1.82, 2.24) is 4.90 Å². The van der Waals surface area contributed by atoms with E-state index in [1.807, 2.05) is 24.3 Å². The first-order chi connectivity index (χ1) is 8.63. The van der Waals surface area contributed by atoms with Gasteiger partial charge in [-0.05, 0) is 24.0 Å². The van der Waals surface area contributed by atoms with Gasteiger partial charge in [-0.25, -0.2) is 4.79 Å². The topological polar surface area (TPSA) is 57.6 Å². The molecule has 1 aromatic carbocycles. The molecule has 0 unspecified atom stereocenters. The van der Waals surface area contributed by atoms with Crippen LogP contribution in [0.15, 0.2) is 24.3 Å². The van der Waals surface area contributed by atoms with Crippen LogP contribution in [-0.2, 0) is 22.6 Å². The van der Waals surface area contributed by atoms with E-state index < -0.39 is 17.9 Å². The van der Waals surface area contributed by atoms with E-state index in [1.54, 1.807) is 6.92 Å². The van der Waals surface area contributed by atoms with Gasteiger partial charge in [0, 0.05) is 13.0 Å². The Kier molecular flexibility index (Phi) is 3.33. The second kappa shape index (κ2) is 4.92. The standard InChI is InChI=1S/C14H13NO3/c1-2-5-13(16)15-9-11-7-4-3-6-10(11)8-12(15)14(17)18/h3-4,6-7,12H,8-9H2,1H3,(H,17,18)/t12-/m1/s1. The lowest BCUT2D eigenvalue weighted by Crippen LogP contribution is -2.48. The highest BCUT2D eigenvalue weighted by Crippen LogP contribution is 2.23. The lowest BCUT2D eigenvalue weighted by atomic mass is 9.94. The molecule has 4 nitrogen and oxygen atoms in total. The van der Waals surface area contributed by atoms with Gasteiger partial charge in [0.1, 0.15) is 6.04 Å². The summed E-state index contributed by atoms with van der Waals surface area (Å²) in [6, 6.07) is 6.74. The van der Waals surface area contributed by atoms with E-state index in [-0.39, 0.29) is 0 Å². The molecule has 2 rings (SSSR count). The van der Waals surface area contributed by atoms with Gasteiger partial charge in [0.05, 0.1) is 0 Å². The number of aliphatic carboxylic acids is 1. The second-order valence-electron chi connectivity index (χ2n) is 4.13. The van der Waals surface area contributed by atoms with Gasteiger partial charge >= 0.3 is 5.97 Å². The molecule has 92 valence electrons. The predicted octanol–water partition coefficient (Wildman–Crippen LogP) is 1.05. The van der Waals surface area contributed by atoms with Gasteiger partial charge in [0.2, 0.25) is 0 Å². The Morgan fingerprint density at radius 2 is 2.00 bits per heavy atom. The molecule has 1 heterocycles. The molecule has 0 aliphatic carbocycles. The minimum Gasteiger partial charge on any atom is -0.480 e. The van der Waals surface area contributed by atoms with Crippen LogP contribution in [0, 0.1) is 11.8 Å². The van der Waals surface area contributed by atoms with Crippen LogP contribution in [0.2, 0.25) is 0 Å². The quantitative estimate of drug-likeness (QED) is 0.750. The van der Waals surface area contributed by atoms with Crippen molar-refractivity contribution in [1.29, 1.82) is 0 Å². The normalized spacial score (nSPS) is 17.4. The van der Waals surface area contributed by atoms with E-state index in [0.29, 0.717) is 13.0 Å². The van der Waals surface area contributed by atoms with E-state index in [2.05, 4.69) is 11.8 Å². The lowest BCUT2D eigenvalue weighted by Gasteiger charge is -2.33. The van der Waals surface area contributed by atoms with Crippen LogP contribution < -0.4 is 0 Å². The third-order valence-electron chi connectivity index (χ3n) is 3.03. The van der Waals surface area contributed by atoms with Crippen molar-refractivity contribution in [2.24, 2.45) is 0 Å². The highest BCUT2D eigenvalue weighted by atomic mass is 16.4. The largest absolute Gasteiger partial charge is 0.480 e. The summed E-state index contributed by atoms with van der Waals surface area (Å²) in [7, 11) is 0. The first-order valence-electron chi connectivity index (χ1n) is 5.66. The number of carbonyl (C=O) groups excluding carboxylic acids is 1. The van der Waals surface area contributed by atoms with Gasteiger partial charge in [-0.15, -0.1) is 0 Å². The summed E-state index contributed by atoms with van der Waals surface area (Å²) in [6.07, 6.45) is 0.336. The number of carboxylic acids is 1. The van der Waals surface area contributed by atoms with Crippen LogP contribution in [0.4, 0.5) is 0 Å². The monoisotopic (exact) mass is 243 g/mol. The zero-order chi connectivity index (χ0) is 13.1. The average Bonchev–Trinajstić information content (AvgIpc) is 2.37. The van der Waals surface area contributed by atoms with Gasteiger partial charge < -0.3 is 10.0 Å².